The summed E-state index contributed by atoms with van der Waals surface area (Å²) in [5.74, 6) is 0. The summed E-state index contributed by atoms with van der Waals surface area (Å²) in [6.07, 6.45) is 7.63. The zero-order valence-corrected chi connectivity index (χ0v) is 10.7. The molecule has 2 rings (SSSR count). The number of hydrogen-bond donors (Lipinski definition) is 1. The number of allylic oxidation sites excluding steroid dienone is 2. The van der Waals surface area contributed by atoms with Crippen LogP contribution in [0.15, 0.2) is 29.8 Å². The maximum Gasteiger partial charge on any atom is 0.0682 e. The van der Waals surface area contributed by atoms with Gasteiger partial charge in [-0.1, -0.05) is 37.1 Å². The van der Waals surface area contributed by atoms with Gasteiger partial charge < -0.3 is 5.11 Å². The molecular weight excluding hydrogens is 208 g/mol. The van der Waals surface area contributed by atoms with Gasteiger partial charge in [0.2, 0.25) is 0 Å². The molecule has 1 heteroatoms. The van der Waals surface area contributed by atoms with Gasteiger partial charge in [-0.3, -0.25) is 0 Å². The Morgan fingerprint density at radius 3 is 2.88 bits per heavy atom. The van der Waals surface area contributed by atoms with Gasteiger partial charge in [-0.2, -0.15) is 0 Å². The predicted molar refractivity (Wildman–Crippen MR) is 72.7 cm³/mol. The van der Waals surface area contributed by atoms with E-state index in [1.54, 1.807) is 11.1 Å². The van der Waals surface area contributed by atoms with Crippen molar-refractivity contribution >= 4 is 5.57 Å². The molecule has 1 aromatic carbocycles. The lowest BCUT2D eigenvalue weighted by molar-refractivity contribution is 0.282. The fourth-order valence-corrected chi connectivity index (χ4v) is 2.68. The number of aliphatic hydroxyl groups excluding tert-OH is 1. The van der Waals surface area contributed by atoms with Crippen molar-refractivity contribution in [3.63, 3.8) is 0 Å². The van der Waals surface area contributed by atoms with Crippen LogP contribution in [-0.2, 0) is 6.61 Å². The number of hydrogen-bond acceptors (Lipinski definition) is 1. The van der Waals surface area contributed by atoms with Crippen LogP contribution < -0.4 is 0 Å². The first-order valence-electron chi connectivity index (χ1n) is 6.76. The van der Waals surface area contributed by atoms with E-state index < -0.39 is 0 Å². The van der Waals surface area contributed by atoms with Crippen LogP contribution in [0.25, 0.3) is 5.57 Å². The third-order valence-corrected chi connectivity index (χ3v) is 3.62. The Morgan fingerprint density at radius 1 is 1.24 bits per heavy atom. The number of benzene rings is 1. The van der Waals surface area contributed by atoms with Gasteiger partial charge in [0, 0.05) is 0 Å². The van der Waals surface area contributed by atoms with Crippen molar-refractivity contribution in [1.82, 2.24) is 0 Å². The Hall–Kier alpha value is -1.08. The molecule has 92 valence electrons. The van der Waals surface area contributed by atoms with Gasteiger partial charge in [-0.05, 0) is 54.9 Å². The molecule has 1 aliphatic rings. The average Bonchev–Trinajstić information content (AvgIpc) is 2.84. The second-order valence-corrected chi connectivity index (χ2v) is 4.90. The third-order valence-electron chi connectivity index (χ3n) is 3.62. The standard InChI is InChI=1S/C16H22O/c1-2-3-7-14-8-5-10-16(14)15-9-4-6-13(11-15)12-17/h4,6,9,11,17H,2-3,5,7-8,10,12H2,1H3. The molecule has 17 heavy (non-hydrogen) atoms. The first-order valence-corrected chi connectivity index (χ1v) is 6.76. The molecule has 0 radical (unpaired) electrons. The maximum atomic E-state index is 9.20. The highest BCUT2D eigenvalue weighted by molar-refractivity contribution is 5.71. The van der Waals surface area contributed by atoms with E-state index in [4.69, 9.17) is 0 Å². The minimum absolute atomic E-state index is 0.144. The Bertz CT molecular complexity index is 404. The van der Waals surface area contributed by atoms with Crippen LogP contribution in [0.3, 0.4) is 0 Å². The summed E-state index contributed by atoms with van der Waals surface area (Å²) >= 11 is 0. The molecule has 1 aliphatic carbocycles. The minimum atomic E-state index is 0.144. The zero-order valence-electron chi connectivity index (χ0n) is 10.7. The Kier molecular flexibility index (Phi) is 4.38. The smallest absolute Gasteiger partial charge is 0.0682 e. The largest absolute Gasteiger partial charge is 0.392 e. The van der Waals surface area contributed by atoms with E-state index in [-0.39, 0.29) is 6.61 Å². The van der Waals surface area contributed by atoms with Crippen LogP contribution in [-0.4, -0.2) is 5.11 Å². The lowest BCUT2D eigenvalue weighted by Crippen LogP contribution is -1.89. The average molecular weight is 230 g/mol. The molecule has 0 unspecified atom stereocenters. The Labute approximate surface area is 104 Å². The van der Waals surface area contributed by atoms with Crippen molar-refractivity contribution in [2.45, 2.75) is 52.1 Å². The van der Waals surface area contributed by atoms with Gasteiger partial charge in [0.05, 0.1) is 6.61 Å². The summed E-state index contributed by atoms with van der Waals surface area (Å²) in [6, 6.07) is 8.38. The van der Waals surface area contributed by atoms with Gasteiger partial charge in [-0.15, -0.1) is 0 Å². The molecule has 0 heterocycles. The van der Waals surface area contributed by atoms with Crippen LogP contribution in [0.5, 0.6) is 0 Å². The van der Waals surface area contributed by atoms with Crippen LogP contribution >= 0.6 is 0 Å². The fourth-order valence-electron chi connectivity index (χ4n) is 2.68. The molecule has 0 fully saturated rings. The van der Waals surface area contributed by atoms with Gasteiger partial charge in [-0.25, -0.2) is 0 Å². The summed E-state index contributed by atoms with van der Waals surface area (Å²) in [7, 11) is 0. The Morgan fingerprint density at radius 2 is 2.12 bits per heavy atom. The summed E-state index contributed by atoms with van der Waals surface area (Å²) in [5.41, 5.74) is 5.56. The highest BCUT2D eigenvalue weighted by Gasteiger charge is 2.15. The van der Waals surface area contributed by atoms with Gasteiger partial charge in [0.15, 0.2) is 0 Å². The first kappa shape index (κ1) is 12.4. The van der Waals surface area contributed by atoms with E-state index in [0.717, 1.165) is 5.56 Å². The monoisotopic (exact) mass is 230 g/mol. The normalized spacial score (nSPS) is 15.6. The number of aliphatic hydroxyl groups is 1. The molecular formula is C16H22O. The summed E-state index contributed by atoms with van der Waals surface area (Å²) in [5, 5.41) is 9.20. The van der Waals surface area contributed by atoms with Crippen molar-refractivity contribution in [3.05, 3.63) is 41.0 Å². The summed E-state index contributed by atoms with van der Waals surface area (Å²) < 4.78 is 0. The molecule has 0 bridgehead atoms. The van der Waals surface area contributed by atoms with Crippen molar-refractivity contribution < 1.29 is 5.11 Å². The first-order chi connectivity index (χ1) is 8.35. The van der Waals surface area contributed by atoms with Gasteiger partial charge in [0.25, 0.3) is 0 Å². The van der Waals surface area contributed by atoms with Crippen molar-refractivity contribution in [1.29, 1.82) is 0 Å². The highest BCUT2D eigenvalue weighted by atomic mass is 16.3. The highest BCUT2D eigenvalue weighted by Crippen LogP contribution is 2.36. The second kappa shape index (κ2) is 6.02. The summed E-state index contributed by atoms with van der Waals surface area (Å²) in [4.78, 5) is 0. The van der Waals surface area contributed by atoms with Crippen molar-refractivity contribution in [2.24, 2.45) is 0 Å². The van der Waals surface area contributed by atoms with Gasteiger partial charge in [0.1, 0.15) is 0 Å². The molecule has 1 aromatic rings. The maximum absolute atomic E-state index is 9.20. The fraction of sp³-hybridized carbons (Fsp3) is 0.500. The lowest BCUT2D eigenvalue weighted by Gasteiger charge is -2.08. The molecule has 0 saturated heterocycles. The molecule has 0 aliphatic heterocycles. The van der Waals surface area contributed by atoms with Crippen LogP contribution in [0.2, 0.25) is 0 Å². The van der Waals surface area contributed by atoms with E-state index in [0.29, 0.717) is 0 Å². The molecule has 0 amide bonds. The van der Waals surface area contributed by atoms with Crippen LogP contribution in [0, 0.1) is 0 Å². The second-order valence-electron chi connectivity index (χ2n) is 4.90. The molecule has 0 aromatic heterocycles. The molecule has 0 spiro atoms. The topological polar surface area (TPSA) is 20.2 Å². The quantitative estimate of drug-likeness (QED) is 0.799. The SMILES string of the molecule is CCCCC1=C(c2cccc(CO)c2)CCC1. The van der Waals surface area contributed by atoms with Gasteiger partial charge >= 0.3 is 0 Å². The number of rotatable bonds is 5. The van der Waals surface area contributed by atoms with Crippen molar-refractivity contribution in [3.8, 4) is 0 Å². The van der Waals surface area contributed by atoms with Crippen molar-refractivity contribution in [2.75, 3.05) is 0 Å². The van der Waals surface area contributed by atoms with E-state index in [2.05, 4.69) is 25.1 Å². The van der Waals surface area contributed by atoms with E-state index >= 15 is 0 Å². The van der Waals surface area contributed by atoms with Crippen LogP contribution in [0.4, 0.5) is 0 Å². The van der Waals surface area contributed by atoms with E-state index in [9.17, 15) is 5.11 Å². The van der Waals surface area contributed by atoms with E-state index in [1.165, 1.54) is 44.1 Å². The minimum Gasteiger partial charge on any atom is -0.392 e. The summed E-state index contributed by atoms with van der Waals surface area (Å²) in [6.45, 7) is 2.40. The number of unbranched alkanes of at least 4 members (excludes halogenated alkanes) is 1. The molecule has 1 nitrogen and oxygen atoms in total. The Balaban J connectivity index is 2.23. The molecule has 1 N–H and O–H groups in total. The lowest BCUT2D eigenvalue weighted by atomic mass is 9.97. The zero-order chi connectivity index (χ0) is 12.1. The van der Waals surface area contributed by atoms with Crippen LogP contribution in [0.1, 0.15) is 56.6 Å². The predicted octanol–water partition coefficient (Wildman–Crippen LogP) is 4.31. The van der Waals surface area contributed by atoms with E-state index in [1.807, 2.05) is 6.07 Å². The molecule has 0 atom stereocenters. The third kappa shape index (κ3) is 2.98. The molecule has 0 saturated carbocycles.